The minimum absolute atomic E-state index is 0.295. The van der Waals surface area contributed by atoms with E-state index in [2.05, 4.69) is 5.32 Å². The summed E-state index contributed by atoms with van der Waals surface area (Å²) in [6.45, 7) is 1.55. The Bertz CT molecular complexity index is 379. The number of carbonyl (C=O) groups excluding carboxylic acids is 1. The van der Waals surface area contributed by atoms with Crippen molar-refractivity contribution in [2.75, 3.05) is 34.3 Å². The van der Waals surface area contributed by atoms with Gasteiger partial charge in [-0.05, 0) is 31.8 Å². The van der Waals surface area contributed by atoms with Crippen LogP contribution in [0.3, 0.4) is 0 Å². The molecule has 0 aromatic heterocycles. The van der Waals surface area contributed by atoms with Gasteiger partial charge < -0.3 is 9.64 Å². The fourth-order valence-corrected chi connectivity index (χ4v) is 1.67. The molecule has 0 saturated heterocycles. The van der Waals surface area contributed by atoms with E-state index in [4.69, 9.17) is 16.3 Å². The van der Waals surface area contributed by atoms with E-state index in [1.54, 1.807) is 12.1 Å². The molecule has 100 valence electrons. The molecule has 18 heavy (non-hydrogen) atoms. The molecule has 4 nitrogen and oxygen atoms in total. The molecule has 0 fully saturated rings. The molecule has 0 spiro atoms. The van der Waals surface area contributed by atoms with Gasteiger partial charge in [0.05, 0.1) is 7.11 Å². The first-order valence-corrected chi connectivity index (χ1v) is 6.14. The number of rotatable bonds is 6. The largest absolute Gasteiger partial charge is 0.468 e. The second-order valence-electron chi connectivity index (χ2n) is 4.27. The van der Waals surface area contributed by atoms with E-state index in [1.165, 1.54) is 7.11 Å². The van der Waals surface area contributed by atoms with Crippen molar-refractivity contribution in [3.8, 4) is 0 Å². The molecule has 0 radical (unpaired) electrons. The van der Waals surface area contributed by atoms with Crippen LogP contribution in [-0.2, 0) is 9.53 Å². The Hall–Kier alpha value is -1.10. The van der Waals surface area contributed by atoms with Crippen LogP contribution in [0.25, 0.3) is 0 Å². The maximum absolute atomic E-state index is 11.7. The zero-order valence-electron chi connectivity index (χ0n) is 10.9. The second kappa shape index (κ2) is 7.36. The quantitative estimate of drug-likeness (QED) is 0.799. The highest BCUT2D eigenvalue weighted by Crippen LogP contribution is 2.17. The Labute approximate surface area is 113 Å². The van der Waals surface area contributed by atoms with Gasteiger partial charge in [-0.3, -0.25) is 5.32 Å². The molecule has 1 atom stereocenters. The average Bonchev–Trinajstić information content (AvgIpc) is 2.35. The van der Waals surface area contributed by atoms with Gasteiger partial charge in [0.25, 0.3) is 0 Å². The molecule has 0 aliphatic rings. The van der Waals surface area contributed by atoms with E-state index in [1.807, 2.05) is 31.1 Å². The summed E-state index contributed by atoms with van der Waals surface area (Å²) in [5.41, 5.74) is 0.852. The number of halogens is 1. The van der Waals surface area contributed by atoms with Crippen molar-refractivity contribution in [3.05, 3.63) is 34.9 Å². The standard InChI is InChI=1S/C13H19ClN2O2/c1-16(2)9-8-15-12(13(17)18-3)10-4-6-11(14)7-5-10/h4-7,12,15H,8-9H2,1-3H3. The van der Waals surface area contributed by atoms with Crippen molar-refractivity contribution in [3.63, 3.8) is 0 Å². The molecule has 0 aliphatic carbocycles. The number of nitrogens with one attached hydrogen (secondary N) is 1. The van der Waals surface area contributed by atoms with Gasteiger partial charge in [-0.2, -0.15) is 0 Å². The van der Waals surface area contributed by atoms with Gasteiger partial charge in [0.2, 0.25) is 0 Å². The van der Waals surface area contributed by atoms with Crippen molar-refractivity contribution in [2.45, 2.75) is 6.04 Å². The first kappa shape index (κ1) is 15.0. The number of ether oxygens (including phenoxy) is 1. The topological polar surface area (TPSA) is 41.6 Å². The van der Waals surface area contributed by atoms with E-state index in [9.17, 15) is 4.79 Å². The summed E-state index contributed by atoms with van der Waals surface area (Å²) in [6.07, 6.45) is 0. The minimum atomic E-state index is -0.452. The number of hydrogen-bond acceptors (Lipinski definition) is 4. The predicted octanol–water partition coefficient (Wildman–Crippen LogP) is 1.71. The number of carbonyl (C=O) groups is 1. The van der Waals surface area contributed by atoms with Crippen molar-refractivity contribution in [2.24, 2.45) is 0 Å². The maximum atomic E-state index is 11.7. The average molecular weight is 271 g/mol. The molecular formula is C13H19ClN2O2. The lowest BCUT2D eigenvalue weighted by Gasteiger charge is -2.18. The lowest BCUT2D eigenvalue weighted by atomic mass is 10.1. The molecule has 0 aliphatic heterocycles. The van der Waals surface area contributed by atoms with Crippen LogP contribution in [0.15, 0.2) is 24.3 Å². The third kappa shape index (κ3) is 4.64. The zero-order chi connectivity index (χ0) is 13.5. The van der Waals surface area contributed by atoms with E-state index < -0.39 is 6.04 Å². The highest BCUT2D eigenvalue weighted by Gasteiger charge is 2.20. The Morgan fingerprint density at radius 1 is 1.39 bits per heavy atom. The van der Waals surface area contributed by atoms with E-state index in [0.717, 1.165) is 12.1 Å². The molecule has 1 N–H and O–H groups in total. The number of methoxy groups -OCH3 is 1. The number of hydrogen-bond donors (Lipinski definition) is 1. The van der Waals surface area contributed by atoms with Crippen molar-refractivity contribution >= 4 is 17.6 Å². The summed E-state index contributed by atoms with van der Waals surface area (Å²) < 4.78 is 4.81. The third-order valence-electron chi connectivity index (χ3n) is 2.55. The fraction of sp³-hybridized carbons (Fsp3) is 0.462. The fourth-order valence-electron chi connectivity index (χ4n) is 1.54. The van der Waals surface area contributed by atoms with Crippen LogP contribution in [0.5, 0.6) is 0 Å². The summed E-state index contributed by atoms with van der Waals surface area (Å²) in [5, 5.41) is 3.83. The van der Waals surface area contributed by atoms with Gasteiger partial charge >= 0.3 is 5.97 Å². The summed E-state index contributed by atoms with van der Waals surface area (Å²) in [6, 6.07) is 6.73. The lowest BCUT2D eigenvalue weighted by molar-refractivity contribution is -0.143. The van der Waals surface area contributed by atoms with Crippen LogP contribution in [0.4, 0.5) is 0 Å². The Morgan fingerprint density at radius 2 is 2.00 bits per heavy atom. The molecule has 1 aromatic carbocycles. The summed E-state index contributed by atoms with van der Waals surface area (Å²) >= 11 is 5.83. The Balaban J connectivity index is 2.72. The molecule has 0 saturated carbocycles. The minimum Gasteiger partial charge on any atom is -0.468 e. The van der Waals surface area contributed by atoms with Gasteiger partial charge in [0, 0.05) is 18.1 Å². The van der Waals surface area contributed by atoms with Crippen LogP contribution < -0.4 is 5.32 Å². The van der Waals surface area contributed by atoms with Gasteiger partial charge in [0.1, 0.15) is 6.04 Å². The molecule has 1 unspecified atom stereocenters. The summed E-state index contributed by atoms with van der Waals surface area (Å²) in [7, 11) is 5.35. The first-order chi connectivity index (χ1) is 8.54. The van der Waals surface area contributed by atoms with Crippen LogP contribution >= 0.6 is 11.6 Å². The molecule has 0 heterocycles. The Kier molecular flexibility index (Phi) is 6.12. The summed E-state index contributed by atoms with van der Waals surface area (Å²) in [4.78, 5) is 13.8. The lowest BCUT2D eigenvalue weighted by Crippen LogP contribution is -2.34. The van der Waals surface area contributed by atoms with E-state index >= 15 is 0 Å². The predicted molar refractivity (Wildman–Crippen MR) is 72.8 cm³/mol. The normalized spacial score (nSPS) is 12.5. The second-order valence-corrected chi connectivity index (χ2v) is 4.70. The van der Waals surface area contributed by atoms with Crippen LogP contribution in [0, 0.1) is 0 Å². The van der Waals surface area contributed by atoms with Crippen LogP contribution in [0.2, 0.25) is 5.02 Å². The number of nitrogens with zero attached hydrogens (tertiary/aromatic N) is 1. The van der Waals surface area contributed by atoms with Gasteiger partial charge in [-0.15, -0.1) is 0 Å². The number of likely N-dealkylation sites (N-methyl/N-ethyl adjacent to an activating group) is 1. The SMILES string of the molecule is COC(=O)C(NCCN(C)C)c1ccc(Cl)cc1. The molecule has 5 heteroatoms. The smallest absolute Gasteiger partial charge is 0.327 e. The van der Waals surface area contributed by atoms with Gasteiger partial charge in [0.15, 0.2) is 0 Å². The van der Waals surface area contributed by atoms with Crippen molar-refractivity contribution in [1.82, 2.24) is 10.2 Å². The third-order valence-corrected chi connectivity index (χ3v) is 2.80. The van der Waals surface area contributed by atoms with Gasteiger partial charge in [-0.1, -0.05) is 23.7 Å². The highest BCUT2D eigenvalue weighted by atomic mass is 35.5. The number of benzene rings is 1. The molecule has 1 rings (SSSR count). The first-order valence-electron chi connectivity index (χ1n) is 5.76. The van der Waals surface area contributed by atoms with Crippen molar-refractivity contribution in [1.29, 1.82) is 0 Å². The van der Waals surface area contributed by atoms with Crippen LogP contribution in [-0.4, -0.2) is 45.2 Å². The van der Waals surface area contributed by atoms with E-state index in [0.29, 0.717) is 11.6 Å². The molecule has 1 aromatic rings. The molecule has 0 bridgehead atoms. The van der Waals surface area contributed by atoms with E-state index in [-0.39, 0.29) is 5.97 Å². The summed E-state index contributed by atoms with van der Waals surface area (Å²) in [5.74, 6) is -0.295. The van der Waals surface area contributed by atoms with Crippen LogP contribution in [0.1, 0.15) is 11.6 Å². The highest BCUT2D eigenvalue weighted by molar-refractivity contribution is 6.30. The monoisotopic (exact) mass is 270 g/mol. The number of esters is 1. The maximum Gasteiger partial charge on any atom is 0.327 e. The zero-order valence-corrected chi connectivity index (χ0v) is 11.7. The van der Waals surface area contributed by atoms with Gasteiger partial charge in [-0.25, -0.2) is 4.79 Å². The molecule has 0 amide bonds. The Morgan fingerprint density at radius 3 is 2.50 bits per heavy atom. The van der Waals surface area contributed by atoms with Crippen molar-refractivity contribution < 1.29 is 9.53 Å². The molecular weight excluding hydrogens is 252 g/mol.